The molecular formula is C9H15NOS. The van der Waals surface area contributed by atoms with Crippen molar-refractivity contribution in [2.75, 3.05) is 18.5 Å². The predicted octanol–water partition coefficient (Wildman–Crippen LogP) is 2.18. The molecule has 0 aliphatic heterocycles. The van der Waals surface area contributed by atoms with Crippen LogP contribution in [0.1, 0.15) is 13.3 Å². The van der Waals surface area contributed by atoms with Crippen LogP contribution in [0.2, 0.25) is 0 Å². The van der Waals surface area contributed by atoms with Crippen molar-refractivity contribution in [3.8, 4) is 0 Å². The molecule has 0 fully saturated rings. The summed E-state index contributed by atoms with van der Waals surface area (Å²) in [4.78, 5) is 0. The van der Waals surface area contributed by atoms with Gasteiger partial charge in [0.1, 0.15) is 0 Å². The van der Waals surface area contributed by atoms with Gasteiger partial charge in [0, 0.05) is 13.2 Å². The van der Waals surface area contributed by atoms with E-state index < -0.39 is 0 Å². The Hall–Kier alpha value is -0.540. The van der Waals surface area contributed by atoms with Crippen LogP contribution >= 0.6 is 11.3 Å². The quantitative estimate of drug-likeness (QED) is 0.737. The van der Waals surface area contributed by atoms with Gasteiger partial charge in [0.15, 0.2) is 0 Å². The summed E-state index contributed by atoms with van der Waals surface area (Å²) in [6.45, 7) is 3.24. The van der Waals surface area contributed by atoms with Crippen LogP contribution in [0.15, 0.2) is 17.5 Å². The Morgan fingerprint density at radius 2 is 2.50 bits per heavy atom. The fourth-order valence-corrected chi connectivity index (χ4v) is 1.59. The van der Waals surface area contributed by atoms with Crippen LogP contribution in [0, 0.1) is 5.92 Å². The van der Waals surface area contributed by atoms with Crippen LogP contribution in [-0.4, -0.2) is 18.3 Å². The highest BCUT2D eigenvalue weighted by Crippen LogP contribution is 2.15. The molecule has 2 nitrogen and oxygen atoms in total. The number of anilines is 1. The van der Waals surface area contributed by atoms with Crippen LogP contribution in [0.5, 0.6) is 0 Å². The number of aliphatic hydroxyl groups is 1. The summed E-state index contributed by atoms with van der Waals surface area (Å²) in [7, 11) is 0. The van der Waals surface area contributed by atoms with E-state index in [0.29, 0.717) is 5.92 Å². The number of thiophene rings is 1. The lowest BCUT2D eigenvalue weighted by molar-refractivity contribution is 0.230. The van der Waals surface area contributed by atoms with Gasteiger partial charge in [-0.3, -0.25) is 0 Å². The van der Waals surface area contributed by atoms with Gasteiger partial charge >= 0.3 is 0 Å². The second kappa shape index (κ2) is 5.17. The molecular weight excluding hydrogens is 170 g/mol. The topological polar surface area (TPSA) is 32.3 Å². The maximum Gasteiger partial charge on any atom is 0.0882 e. The van der Waals surface area contributed by atoms with Crippen LogP contribution < -0.4 is 5.32 Å². The zero-order chi connectivity index (χ0) is 8.81. The van der Waals surface area contributed by atoms with E-state index in [1.165, 1.54) is 5.00 Å². The average molecular weight is 185 g/mol. The first-order chi connectivity index (χ1) is 5.86. The van der Waals surface area contributed by atoms with Gasteiger partial charge in [0.25, 0.3) is 0 Å². The number of aliphatic hydroxyl groups excluding tert-OH is 1. The molecule has 1 aromatic heterocycles. The Kier molecular flexibility index (Phi) is 4.11. The number of hydrogen-bond donors (Lipinski definition) is 2. The normalized spacial score (nSPS) is 12.8. The molecule has 3 heteroatoms. The van der Waals surface area contributed by atoms with Crippen LogP contribution in [0.4, 0.5) is 5.00 Å². The Bertz CT molecular complexity index is 194. The molecule has 0 spiro atoms. The van der Waals surface area contributed by atoms with E-state index in [2.05, 4.69) is 18.3 Å². The molecule has 0 aliphatic carbocycles. The Balaban J connectivity index is 2.25. The molecule has 0 aromatic carbocycles. The first-order valence-electron chi connectivity index (χ1n) is 4.25. The lowest BCUT2D eigenvalue weighted by Crippen LogP contribution is -2.16. The molecule has 1 unspecified atom stereocenters. The van der Waals surface area contributed by atoms with E-state index in [9.17, 15) is 0 Å². The summed E-state index contributed by atoms with van der Waals surface area (Å²) < 4.78 is 0. The van der Waals surface area contributed by atoms with Crippen molar-refractivity contribution in [1.82, 2.24) is 0 Å². The van der Waals surface area contributed by atoms with Crippen molar-refractivity contribution in [1.29, 1.82) is 0 Å². The maximum atomic E-state index is 8.92. The molecule has 0 aliphatic rings. The Morgan fingerprint density at radius 3 is 3.00 bits per heavy atom. The van der Waals surface area contributed by atoms with Gasteiger partial charge in [0.05, 0.1) is 5.00 Å². The first kappa shape index (κ1) is 9.55. The minimum atomic E-state index is 0.273. The lowest BCUT2D eigenvalue weighted by atomic mass is 10.1. The predicted molar refractivity (Wildman–Crippen MR) is 53.7 cm³/mol. The fourth-order valence-electron chi connectivity index (χ4n) is 0.962. The minimum Gasteiger partial charge on any atom is -0.396 e. The van der Waals surface area contributed by atoms with Crippen molar-refractivity contribution in [3.05, 3.63) is 17.5 Å². The van der Waals surface area contributed by atoms with E-state index >= 15 is 0 Å². The first-order valence-corrected chi connectivity index (χ1v) is 5.13. The van der Waals surface area contributed by atoms with E-state index in [0.717, 1.165) is 13.0 Å². The molecule has 0 amide bonds. The summed E-state index contributed by atoms with van der Waals surface area (Å²) >= 11 is 1.69. The highest BCUT2D eigenvalue weighted by atomic mass is 32.1. The van der Waals surface area contributed by atoms with Crippen LogP contribution in [0.25, 0.3) is 0 Å². The van der Waals surface area contributed by atoms with Crippen molar-refractivity contribution in [2.45, 2.75) is 13.3 Å². The van der Waals surface area contributed by atoms with Crippen molar-refractivity contribution in [2.24, 2.45) is 5.92 Å². The van der Waals surface area contributed by atoms with Crippen molar-refractivity contribution in [3.63, 3.8) is 0 Å². The molecule has 0 radical (unpaired) electrons. The van der Waals surface area contributed by atoms with E-state index in [1.54, 1.807) is 11.3 Å². The summed E-state index contributed by atoms with van der Waals surface area (Å²) in [5, 5.41) is 15.4. The molecule has 2 N–H and O–H groups in total. The number of rotatable bonds is 5. The van der Waals surface area contributed by atoms with Gasteiger partial charge in [0.2, 0.25) is 0 Å². The Labute approximate surface area is 77.2 Å². The van der Waals surface area contributed by atoms with E-state index in [1.807, 2.05) is 11.4 Å². The molecule has 68 valence electrons. The van der Waals surface area contributed by atoms with Gasteiger partial charge in [-0.2, -0.15) is 0 Å². The van der Waals surface area contributed by atoms with Crippen molar-refractivity contribution < 1.29 is 5.11 Å². The summed E-state index contributed by atoms with van der Waals surface area (Å²) in [5.41, 5.74) is 0. The monoisotopic (exact) mass is 185 g/mol. The molecule has 1 aromatic rings. The van der Waals surface area contributed by atoms with Crippen LogP contribution in [-0.2, 0) is 0 Å². The zero-order valence-corrected chi connectivity index (χ0v) is 8.10. The van der Waals surface area contributed by atoms with Gasteiger partial charge in [-0.25, -0.2) is 0 Å². The average Bonchev–Trinajstić information content (AvgIpc) is 2.59. The molecule has 0 bridgehead atoms. The molecule has 12 heavy (non-hydrogen) atoms. The van der Waals surface area contributed by atoms with Gasteiger partial charge in [-0.05, 0) is 29.9 Å². The summed E-state index contributed by atoms with van der Waals surface area (Å²) in [5.74, 6) is 0.382. The largest absolute Gasteiger partial charge is 0.396 e. The molecule has 1 atom stereocenters. The molecule has 0 saturated carbocycles. The second-order valence-electron chi connectivity index (χ2n) is 2.82. The molecule has 0 saturated heterocycles. The molecule has 1 rings (SSSR count). The smallest absolute Gasteiger partial charge is 0.0882 e. The van der Waals surface area contributed by atoms with Crippen LogP contribution in [0.3, 0.4) is 0 Å². The van der Waals surface area contributed by atoms with Gasteiger partial charge in [-0.15, -0.1) is 11.3 Å². The van der Waals surface area contributed by atoms with E-state index in [-0.39, 0.29) is 6.61 Å². The number of hydrogen-bond acceptors (Lipinski definition) is 3. The number of nitrogens with one attached hydrogen (secondary N) is 1. The maximum absolute atomic E-state index is 8.92. The minimum absolute atomic E-state index is 0.273. The highest BCUT2D eigenvalue weighted by Gasteiger charge is 2.03. The van der Waals surface area contributed by atoms with Crippen molar-refractivity contribution >= 4 is 16.3 Å². The SMILES string of the molecule is CCC(CO)CNc1cccs1. The van der Waals surface area contributed by atoms with Gasteiger partial charge in [-0.1, -0.05) is 6.92 Å². The molecule has 1 heterocycles. The van der Waals surface area contributed by atoms with E-state index in [4.69, 9.17) is 5.11 Å². The summed E-state index contributed by atoms with van der Waals surface area (Å²) in [6, 6.07) is 4.07. The zero-order valence-electron chi connectivity index (χ0n) is 7.29. The third-order valence-corrected chi connectivity index (χ3v) is 2.75. The fraction of sp³-hybridized carbons (Fsp3) is 0.556. The highest BCUT2D eigenvalue weighted by molar-refractivity contribution is 7.14. The summed E-state index contributed by atoms with van der Waals surface area (Å²) in [6.07, 6.45) is 1.02. The lowest BCUT2D eigenvalue weighted by Gasteiger charge is -2.11. The van der Waals surface area contributed by atoms with Gasteiger partial charge < -0.3 is 10.4 Å². The second-order valence-corrected chi connectivity index (χ2v) is 3.76. The standard InChI is InChI=1S/C9H15NOS/c1-2-8(7-11)6-10-9-4-3-5-12-9/h3-5,8,10-11H,2,6-7H2,1H3. The third kappa shape index (κ3) is 2.83. The Morgan fingerprint density at radius 1 is 1.67 bits per heavy atom. The third-order valence-electron chi connectivity index (χ3n) is 1.92.